The van der Waals surface area contributed by atoms with Crippen molar-refractivity contribution in [1.29, 1.82) is 0 Å². The number of methoxy groups -OCH3 is 1. The zero-order chi connectivity index (χ0) is 19.4. The van der Waals surface area contributed by atoms with Gasteiger partial charge in [-0.3, -0.25) is 4.90 Å². The zero-order valence-electron chi connectivity index (χ0n) is 17.0. The molecule has 1 aliphatic heterocycles. The molecule has 0 saturated carbocycles. The van der Waals surface area contributed by atoms with Gasteiger partial charge >= 0.3 is 0 Å². The summed E-state index contributed by atoms with van der Waals surface area (Å²) in [5.74, 6) is 3.12. The number of rotatable bonds is 5. The Labute approximate surface area is 160 Å². The molecule has 27 heavy (non-hydrogen) atoms. The van der Waals surface area contributed by atoms with Gasteiger partial charge in [-0.2, -0.15) is 4.98 Å². The number of nitrogens with zero attached hydrogens (tertiary/aromatic N) is 6. The smallest absolute Gasteiger partial charge is 0.240 e. The Morgan fingerprint density at radius 3 is 2.74 bits per heavy atom. The van der Waals surface area contributed by atoms with Crippen molar-refractivity contribution >= 4 is 5.82 Å². The first-order valence-electron chi connectivity index (χ1n) is 9.53. The molecule has 8 heteroatoms. The Morgan fingerprint density at radius 1 is 1.19 bits per heavy atom. The van der Waals surface area contributed by atoms with Crippen LogP contribution in [-0.4, -0.2) is 58.3 Å². The number of anilines is 1. The van der Waals surface area contributed by atoms with E-state index in [0.717, 1.165) is 44.2 Å². The molecule has 0 aromatic carbocycles. The standard InChI is InChI=1S/C19H30N6O2/c1-14(26-5)17-22-16(27-23-17)13-24-9-6-10-25(12-11-24)15-7-8-20-18(21-15)19(2,3)4/h7-8,14H,6,9-13H2,1-5H3. The summed E-state index contributed by atoms with van der Waals surface area (Å²) in [6, 6.07) is 2.00. The third kappa shape index (κ3) is 5.01. The van der Waals surface area contributed by atoms with Crippen molar-refractivity contribution in [3.8, 4) is 0 Å². The Kier molecular flexibility index (Phi) is 6.06. The van der Waals surface area contributed by atoms with Gasteiger partial charge in [0.25, 0.3) is 0 Å². The topological polar surface area (TPSA) is 80.4 Å². The van der Waals surface area contributed by atoms with Gasteiger partial charge in [-0.05, 0) is 19.4 Å². The summed E-state index contributed by atoms with van der Waals surface area (Å²) in [6.45, 7) is 12.8. The third-order valence-corrected chi connectivity index (χ3v) is 4.78. The van der Waals surface area contributed by atoms with Crippen LogP contribution in [0.4, 0.5) is 5.82 Å². The molecule has 3 heterocycles. The first-order chi connectivity index (χ1) is 12.9. The van der Waals surface area contributed by atoms with E-state index in [1.165, 1.54) is 0 Å². The molecule has 1 unspecified atom stereocenters. The van der Waals surface area contributed by atoms with Gasteiger partial charge in [-0.25, -0.2) is 9.97 Å². The van der Waals surface area contributed by atoms with Crippen LogP contribution in [0.5, 0.6) is 0 Å². The van der Waals surface area contributed by atoms with Gasteiger partial charge in [0.05, 0.1) is 6.54 Å². The number of hydrogen-bond acceptors (Lipinski definition) is 8. The lowest BCUT2D eigenvalue weighted by Gasteiger charge is -2.24. The highest BCUT2D eigenvalue weighted by molar-refractivity contribution is 5.38. The molecule has 1 saturated heterocycles. The second-order valence-corrected chi connectivity index (χ2v) is 8.03. The van der Waals surface area contributed by atoms with Gasteiger partial charge in [0, 0.05) is 44.9 Å². The molecule has 0 N–H and O–H groups in total. The van der Waals surface area contributed by atoms with Crippen LogP contribution in [0.15, 0.2) is 16.8 Å². The molecule has 2 aromatic rings. The normalized spacial score (nSPS) is 17.7. The van der Waals surface area contributed by atoms with Crippen LogP contribution in [0.1, 0.15) is 57.8 Å². The van der Waals surface area contributed by atoms with Crippen molar-refractivity contribution in [3.63, 3.8) is 0 Å². The summed E-state index contributed by atoms with van der Waals surface area (Å²) >= 11 is 0. The SMILES string of the molecule is COC(C)c1noc(CN2CCCN(c3ccnc(C(C)(C)C)n3)CC2)n1. The van der Waals surface area contributed by atoms with Crippen LogP contribution in [0.25, 0.3) is 0 Å². The fourth-order valence-corrected chi connectivity index (χ4v) is 3.04. The second kappa shape index (κ2) is 8.31. The van der Waals surface area contributed by atoms with Gasteiger partial charge in [-0.15, -0.1) is 0 Å². The predicted octanol–water partition coefficient (Wildman–Crippen LogP) is 2.58. The molecule has 1 aliphatic rings. The highest BCUT2D eigenvalue weighted by Crippen LogP contribution is 2.21. The Hall–Kier alpha value is -2.06. The number of ether oxygens (including phenoxy) is 1. The number of hydrogen-bond donors (Lipinski definition) is 0. The Morgan fingerprint density at radius 2 is 2.00 bits per heavy atom. The van der Waals surface area contributed by atoms with E-state index in [0.29, 0.717) is 18.3 Å². The maximum absolute atomic E-state index is 5.38. The van der Waals surface area contributed by atoms with Crippen LogP contribution >= 0.6 is 0 Å². The molecule has 1 fully saturated rings. The first kappa shape index (κ1) is 19.7. The van der Waals surface area contributed by atoms with E-state index >= 15 is 0 Å². The van der Waals surface area contributed by atoms with Gasteiger partial charge in [0.1, 0.15) is 17.7 Å². The summed E-state index contributed by atoms with van der Waals surface area (Å²) in [5, 5.41) is 4.01. The van der Waals surface area contributed by atoms with Crippen molar-refractivity contribution in [2.45, 2.75) is 52.2 Å². The summed E-state index contributed by atoms with van der Waals surface area (Å²) in [4.78, 5) is 18.4. The van der Waals surface area contributed by atoms with E-state index < -0.39 is 0 Å². The summed E-state index contributed by atoms with van der Waals surface area (Å²) in [7, 11) is 1.64. The van der Waals surface area contributed by atoms with E-state index in [1.54, 1.807) is 7.11 Å². The molecule has 8 nitrogen and oxygen atoms in total. The van der Waals surface area contributed by atoms with Crippen LogP contribution in [-0.2, 0) is 16.7 Å². The molecule has 1 atom stereocenters. The van der Waals surface area contributed by atoms with Crippen LogP contribution < -0.4 is 4.90 Å². The molecule has 0 radical (unpaired) electrons. The minimum atomic E-state index is -0.156. The average molecular weight is 374 g/mol. The maximum atomic E-state index is 5.38. The molecule has 0 spiro atoms. The lowest BCUT2D eigenvalue weighted by Crippen LogP contribution is -2.31. The second-order valence-electron chi connectivity index (χ2n) is 8.03. The highest BCUT2D eigenvalue weighted by atomic mass is 16.5. The zero-order valence-corrected chi connectivity index (χ0v) is 17.0. The molecule has 148 valence electrons. The van der Waals surface area contributed by atoms with Crippen molar-refractivity contribution in [3.05, 3.63) is 29.8 Å². The van der Waals surface area contributed by atoms with Crippen LogP contribution in [0, 0.1) is 0 Å². The molecule has 3 rings (SSSR count). The lowest BCUT2D eigenvalue weighted by molar-refractivity contribution is 0.109. The van der Waals surface area contributed by atoms with E-state index in [4.69, 9.17) is 14.2 Å². The van der Waals surface area contributed by atoms with Gasteiger partial charge in [0.15, 0.2) is 5.82 Å². The quantitative estimate of drug-likeness (QED) is 0.790. The largest absolute Gasteiger partial charge is 0.374 e. The fourth-order valence-electron chi connectivity index (χ4n) is 3.04. The van der Waals surface area contributed by atoms with E-state index in [1.807, 2.05) is 19.2 Å². The van der Waals surface area contributed by atoms with E-state index in [-0.39, 0.29) is 11.5 Å². The van der Waals surface area contributed by atoms with Crippen LogP contribution in [0.2, 0.25) is 0 Å². The minimum Gasteiger partial charge on any atom is -0.374 e. The monoisotopic (exact) mass is 374 g/mol. The summed E-state index contributed by atoms with van der Waals surface area (Å²) in [6.07, 6.45) is 2.77. The lowest BCUT2D eigenvalue weighted by atomic mass is 9.96. The first-order valence-corrected chi connectivity index (χ1v) is 9.53. The van der Waals surface area contributed by atoms with Crippen molar-refractivity contribution in [2.24, 2.45) is 0 Å². The number of aromatic nitrogens is 4. The summed E-state index contributed by atoms with van der Waals surface area (Å²) in [5.41, 5.74) is -0.0527. The van der Waals surface area contributed by atoms with Crippen LogP contribution in [0.3, 0.4) is 0 Å². The van der Waals surface area contributed by atoms with Gasteiger partial charge < -0.3 is 14.2 Å². The van der Waals surface area contributed by atoms with E-state index in [2.05, 4.69) is 45.7 Å². The predicted molar refractivity (Wildman–Crippen MR) is 103 cm³/mol. The molecule has 0 amide bonds. The minimum absolute atomic E-state index is 0.0527. The average Bonchev–Trinajstić information content (AvgIpc) is 2.98. The Bertz CT molecular complexity index is 742. The van der Waals surface area contributed by atoms with Crippen molar-refractivity contribution in [1.82, 2.24) is 25.0 Å². The third-order valence-electron chi connectivity index (χ3n) is 4.78. The summed E-state index contributed by atoms with van der Waals surface area (Å²) < 4.78 is 10.6. The molecule has 2 aromatic heterocycles. The van der Waals surface area contributed by atoms with Crippen molar-refractivity contribution in [2.75, 3.05) is 38.2 Å². The fraction of sp³-hybridized carbons (Fsp3) is 0.684. The van der Waals surface area contributed by atoms with E-state index in [9.17, 15) is 0 Å². The molecular weight excluding hydrogens is 344 g/mol. The molecular formula is C19H30N6O2. The highest BCUT2D eigenvalue weighted by Gasteiger charge is 2.22. The maximum Gasteiger partial charge on any atom is 0.240 e. The Balaban J connectivity index is 1.61. The van der Waals surface area contributed by atoms with Gasteiger partial charge in [0.2, 0.25) is 5.89 Å². The van der Waals surface area contributed by atoms with Gasteiger partial charge in [-0.1, -0.05) is 25.9 Å². The van der Waals surface area contributed by atoms with Crippen molar-refractivity contribution < 1.29 is 9.26 Å². The molecule has 0 bridgehead atoms. The molecule has 0 aliphatic carbocycles.